The second-order valence-electron chi connectivity index (χ2n) is 5.33. The summed E-state index contributed by atoms with van der Waals surface area (Å²) in [7, 11) is 1.90. The zero-order valence-electron chi connectivity index (χ0n) is 12.0. The van der Waals surface area contributed by atoms with Crippen LogP contribution in [0.4, 0.5) is 4.39 Å². The van der Waals surface area contributed by atoms with Gasteiger partial charge in [0.2, 0.25) is 0 Å². The zero-order valence-corrected chi connectivity index (χ0v) is 13.5. The number of nitrogens with one attached hydrogen (secondary N) is 1. The molecule has 5 heteroatoms. The molecule has 0 radical (unpaired) electrons. The molecule has 0 amide bonds. The van der Waals surface area contributed by atoms with Gasteiger partial charge in [0.15, 0.2) is 0 Å². The second kappa shape index (κ2) is 6.50. The monoisotopic (exact) mass is 339 g/mol. The average Bonchev–Trinajstić information content (AvgIpc) is 2.70. The van der Waals surface area contributed by atoms with Crippen LogP contribution in [0, 0.1) is 11.7 Å². The molecule has 20 heavy (non-hydrogen) atoms. The predicted octanol–water partition coefficient (Wildman–Crippen LogP) is 3.73. The highest BCUT2D eigenvalue weighted by molar-refractivity contribution is 9.10. The number of aryl methyl sites for hydroxylation is 1. The second-order valence-corrected chi connectivity index (χ2v) is 6.18. The van der Waals surface area contributed by atoms with Gasteiger partial charge in [-0.3, -0.25) is 4.68 Å². The number of benzene rings is 1. The number of halogens is 2. The van der Waals surface area contributed by atoms with Gasteiger partial charge in [0.25, 0.3) is 0 Å². The van der Waals surface area contributed by atoms with Gasteiger partial charge in [0.1, 0.15) is 5.82 Å². The number of hydrogen-bond acceptors (Lipinski definition) is 2. The Kier molecular flexibility index (Phi) is 4.94. The first kappa shape index (κ1) is 15.2. The van der Waals surface area contributed by atoms with E-state index in [1.165, 1.54) is 12.1 Å². The molecule has 0 saturated heterocycles. The maximum Gasteiger partial charge on any atom is 0.124 e. The Labute approximate surface area is 127 Å². The normalized spacial score (nSPS) is 11.3. The van der Waals surface area contributed by atoms with Crippen LogP contribution in [-0.4, -0.2) is 16.3 Å². The molecule has 3 nitrogen and oxygen atoms in total. The molecule has 0 aliphatic carbocycles. The maximum atomic E-state index is 13.2. The van der Waals surface area contributed by atoms with Crippen molar-refractivity contribution < 1.29 is 4.39 Å². The lowest BCUT2D eigenvalue weighted by Crippen LogP contribution is -2.19. The molecule has 0 fully saturated rings. The van der Waals surface area contributed by atoms with Crippen LogP contribution in [0.3, 0.4) is 0 Å². The SMILES string of the molecule is CC(C)CNCc1cn(C)nc1-c1ccc(F)cc1Br. The Morgan fingerprint density at radius 1 is 1.40 bits per heavy atom. The van der Waals surface area contributed by atoms with Crippen LogP contribution < -0.4 is 5.32 Å². The third-order valence-corrected chi connectivity index (χ3v) is 3.61. The van der Waals surface area contributed by atoms with Crippen molar-refractivity contribution in [3.63, 3.8) is 0 Å². The molecule has 0 bridgehead atoms. The average molecular weight is 340 g/mol. The molecule has 2 aromatic rings. The quantitative estimate of drug-likeness (QED) is 0.899. The first-order chi connectivity index (χ1) is 9.47. The molecule has 0 spiro atoms. The van der Waals surface area contributed by atoms with Gasteiger partial charge >= 0.3 is 0 Å². The van der Waals surface area contributed by atoms with Gasteiger partial charge in [-0.1, -0.05) is 13.8 Å². The van der Waals surface area contributed by atoms with E-state index in [1.807, 2.05) is 13.2 Å². The van der Waals surface area contributed by atoms with Gasteiger partial charge in [-0.2, -0.15) is 5.10 Å². The Morgan fingerprint density at radius 3 is 2.80 bits per heavy atom. The number of hydrogen-bond donors (Lipinski definition) is 1. The van der Waals surface area contributed by atoms with E-state index in [1.54, 1.807) is 10.7 Å². The number of rotatable bonds is 5. The highest BCUT2D eigenvalue weighted by Crippen LogP contribution is 2.30. The highest BCUT2D eigenvalue weighted by Gasteiger charge is 2.13. The van der Waals surface area contributed by atoms with Crippen molar-refractivity contribution in [1.82, 2.24) is 15.1 Å². The minimum Gasteiger partial charge on any atom is -0.312 e. The van der Waals surface area contributed by atoms with Gasteiger partial charge in [-0.05, 0) is 46.6 Å². The fourth-order valence-corrected chi connectivity index (χ4v) is 2.61. The summed E-state index contributed by atoms with van der Waals surface area (Å²) in [5.41, 5.74) is 2.91. The molecule has 1 heterocycles. The molecule has 0 aliphatic rings. The van der Waals surface area contributed by atoms with E-state index in [-0.39, 0.29) is 5.82 Å². The van der Waals surface area contributed by atoms with Crippen molar-refractivity contribution in [2.24, 2.45) is 13.0 Å². The Balaban J connectivity index is 2.27. The van der Waals surface area contributed by atoms with Crippen molar-refractivity contribution in [2.75, 3.05) is 6.54 Å². The summed E-state index contributed by atoms with van der Waals surface area (Å²) in [6.07, 6.45) is 2.00. The van der Waals surface area contributed by atoms with Crippen LogP contribution >= 0.6 is 15.9 Å². The minimum absolute atomic E-state index is 0.254. The van der Waals surface area contributed by atoms with Crippen molar-refractivity contribution in [2.45, 2.75) is 20.4 Å². The molecule has 0 atom stereocenters. The van der Waals surface area contributed by atoms with Crippen LogP contribution in [-0.2, 0) is 13.6 Å². The lowest BCUT2D eigenvalue weighted by Gasteiger charge is -2.08. The Hall–Kier alpha value is -1.20. The standard InChI is InChI=1S/C15H19BrFN3/c1-10(2)7-18-8-11-9-20(3)19-15(11)13-5-4-12(17)6-14(13)16/h4-6,9-10,18H,7-8H2,1-3H3. The topological polar surface area (TPSA) is 29.9 Å². The molecule has 1 aromatic heterocycles. The van der Waals surface area contributed by atoms with Crippen LogP contribution in [0.5, 0.6) is 0 Å². The Bertz CT molecular complexity index is 593. The fraction of sp³-hybridized carbons (Fsp3) is 0.400. The van der Waals surface area contributed by atoms with Crippen molar-refractivity contribution >= 4 is 15.9 Å². The third-order valence-electron chi connectivity index (χ3n) is 2.96. The van der Waals surface area contributed by atoms with E-state index in [9.17, 15) is 4.39 Å². The lowest BCUT2D eigenvalue weighted by molar-refractivity contribution is 0.552. The van der Waals surface area contributed by atoms with E-state index >= 15 is 0 Å². The van der Waals surface area contributed by atoms with E-state index < -0.39 is 0 Å². The van der Waals surface area contributed by atoms with E-state index in [2.05, 4.69) is 40.2 Å². The molecular weight excluding hydrogens is 321 g/mol. The van der Waals surface area contributed by atoms with Crippen LogP contribution in [0.25, 0.3) is 11.3 Å². The predicted molar refractivity (Wildman–Crippen MR) is 82.8 cm³/mol. The van der Waals surface area contributed by atoms with E-state index in [0.29, 0.717) is 5.92 Å². The summed E-state index contributed by atoms with van der Waals surface area (Å²) in [6.45, 7) is 6.06. The molecule has 0 unspecified atom stereocenters. The first-order valence-corrected chi connectivity index (χ1v) is 7.45. The molecule has 2 rings (SSSR count). The maximum absolute atomic E-state index is 13.2. The highest BCUT2D eigenvalue weighted by atomic mass is 79.9. The minimum atomic E-state index is -0.254. The smallest absolute Gasteiger partial charge is 0.124 e. The fourth-order valence-electron chi connectivity index (χ4n) is 2.07. The van der Waals surface area contributed by atoms with Crippen LogP contribution in [0.15, 0.2) is 28.9 Å². The summed E-state index contributed by atoms with van der Waals surface area (Å²) >= 11 is 3.41. The largest absolute Gasteiger partial charge is 0.312 e. The van der Waals surface area contributed by atoms with Crippen LogP contribution in [0.2, 0.25) is 0 Å². The Morgan fingerprint density at radius 2 is 2.15 bits per heavy atom. The van der Waals surface area contributed by atoms with Gasteiger partial charge in [0.05, 0.1) is 5.69 Å². The van der Waals surface area contributed by atoms with Crippen molar-refractivity contribution in [3.8, 4) is 11.3 Å². The van der Waals surface area contributed by atoms with Crippen molar-refractivity contribution in [1.29, 1.82) is 0 Å². The molecule has 0 saturated carbocycles. The number of nitrogens with zero attached hydrogens (tertiary/aromatic N) is 2. The summed E-state index contributed by atoms with van der Waals surface area (Å²) < 4.78 is 15.7. The first-order valence-electron chi connectivity index (χ1n) is 6.66. The molecule has 0 aliphatic heterocycles. The van der Waals surface area contributed by atoms with Crippen LogP contribution in [0.1, 0.15) is 19.4 Å². The zero-order chi connectivity index (χ0) is 14.7. The summed E-state index contributed by atoms with van der Waals surface area (Å²) in [4.78, 5) is 0. The third kappa shape index (κ3) is 3.67. The summed E-state index contributed by atoms with van der Waals surface area (Å²) in [5, 5.41) is 7.91. The van der Waals surface area contributed by atoms with Gasteiger partial charge in [0, 0.05) is 35.4 Å². The molecule has 108 valence electrons. The van der Waals surface area contributed by atoms with Crippen molar-refractivity contribution in [3.05, 3.63) is 40.2 Å². The van der Waals surface area contributed by atoms with Gasteiger partial charge in [-0.25, -0.2) is 4.39 Å². The lowest BCUT2D eigenvalue weighted by atomic mass is 10.1. The van der Waals surface area contributed by atoms with E-state index in [0.717, 1.165) is 34.4 Å². The molecular formula is C15H19BrFN3. The van der Waals surface area contributed by atoms with Gasteiger partial charge in [-0.15, -0.1) is 0 Å². The number of aromatic nitrogens is 2. The van der Waals surface area contributed by atoms with Gasteiger partial charge < -0.3 is 5.32 Å². The molecule has 1 aromatic carbocycles. The summed E-state index contributed by atoms with van der Waals surface area (Å²) in [5.74, 6) is 0.351. The van der Waals surface area contributed by atoms with E-state index in [4.69, 9.17) is 0 Å². The summed E-state index contributed by atoms with van der Waals surface area (Å²) in [6, 6.07) is 4.68. The molecule has 1 N–H and O–H groups in total.